The van der Waals surface area contributed by atoms with Gasteiger partial charge in [-0.25, -0.2) is 4.98 Å². The molecule has 6 heteroatoms. The lowest BCUT2D eigenvalue weighted by Gasteiger charge is -2.18. The molecule has 2 amide bonds. The number of imidazole rings is 1. The van der Waals surface area contributed by atoms with Crippen LogP contribution in [0.15, 0.2) is 42.7 Å². The van der Waals surface area contributed by atoms with Gasteiger partial charge < -0.3 is 15.2 Å². The number of hydrogen-bond donors (Lipinski definition) is 2. The first-order valence-corrected chi connectivity index (χ1v) is 6.67. The lowest BCUT2D eigenvalue weighted by Crippen LogP contribution is -2.39. The van der Waals surface area contributed by atoms with E-state index in [0.29, 0.717) is 11.4 Å². The summed E-state index contributed by atoms with van der Waals surface area (Å²) in [6, 6.07) is 8.65. The number of aromatic nitrogens is 2. The van der Waals surface area contributed by atoms with Crippen molar-refractivity contribution >= 4 is 11.8 Å². The summed E-state index contributed by atoms with van der Waals surface area (Å²) >= 11 is 0. The molecule has 2 rings (SSSR count). The first kappa shape index (κ1) is 14.8. The molecule has 0 spiro atoms. The number of likely N-dealkylation sites (N-methyl/N-ethyl adjacent to an activating group) is 1. The van der Waals surface area contributed by atoms with Crippen molar-refractivity contribution in [2.45, 2.75) is 13.0 Å². The van der Waals surface area contributed by atoms with E-state index < -0.39 is 0 Å². The van der Waals surface area contributed by atoms with E-state index in [2.05, 4.69) is 15.3 Å². The van der Waals surface area contributed by atoms with Gasteiger partial charge in [-0.15, -0.1) is 0 Å². The Hall–Kier alpha value is -2.63. The van der Waals surface area contributed by atoms with Crippen molar-refractivity contribution in [2.24, 2.45) is 0 Å². The van der Waals surface area contributed by atoms with Gasteiger partial charge in [-0.05, 0) is 19.1 Å². The molecular weight excluding hydrogens is 268 g/mol. The smallest absolute Gasteiger partial charge is 0.254 e. The number of hydrogen-bond acceptors (Lipinski definition) is 3. The van der Waals surface area contributed by atoms with Gasteiger partial charge in [0.2, 0.25) is 5.91 Å². The Bertz CT molecular complexity index is 595. The van der Waals surface area contributed by atoms with Crippen molar-refractivity contribution in [3.63, 3.8) is 0 Å². The fourth-order valence-electron chi connectivity index (χ4n) is 1.96. The fourth-order valence-corrected chi connectivity index (χ4v) is 1.96. The average Bonchev–Trinajstić information content (AvgIpc) is 3.01. The third-order valence-corrected chi connectivity index (χ3v) is 3.06. The number of rotatable bonds is 5. The number of nitrogens with zero attached hydrogens (tertiary/aromatic N) is 2. The van der Waals surface area contributed by atoms with E-state index in [-0.39, 0.29) is 24.4 Å². The van der Waals surface area contributed by atoms with E-state index in [1.165, 1.54) is 4.90 Å². The molecule has 0 radical (unpaired) electrons. The molecule has 1 heterocycles. The number of amides is 2. The van der Waals surface area contributed by atoms with E-state index in [0.717, 1.165) is 0 Å². The number of carbonyl (C=O) groups is 2. The van der Waals surface area contributed by atoms with Crippen LogP contribution in [-0.2, 0) is 4.79 Å². The molecule has 21 heavy (non-hydrogen) atoms. The highest BCUT2D eigenvalue weighted by Gasteiger charge is 2.17. The lowest BCUT2D eigenvalue weighted by molar-refractivity contribution is -0.122. The Morgan fingerprint density at radius 2 is 2.05 bits per heavy atom. The van der Waals surface area contributed by atoms with Gasteiger partial charge in [-0.3, -0.25) is 9.59 Å². The number of nitrogens with one attached hydrogen (secondary N) is 2. The van der Waals surface area contributed by atoms with Crippen molar-refractivity contribution in [1.29, 1.82) is 0 Å². The zero-order valence-corrected chi connectivity index (χ0v) is 12.0. The van der Waals surface area contributed by atoms with Gasteiger partial charge in [0, 0.05) is 25.0 Å². The Morgan fingerprint density at radius 3 is 2.67 bits per heavy atom. The van der Waals surface area contributed by atoms with Gasteiger partial charge in [-0.2, -0.15) is 0 Å². The van der Waals surface area contributed by atoms with Crippen LogP contribution >= 0.6 is 0 Å². The number of benzene rings is 1. The van der Waals surface area contributed by atoms with Gasteiger partial charge in [0.15, 0.2) is 0 Å². The van der Waals surface area contributed by atoms with E-state index in [1.807, 2.05) is 13.0 Å². The Balaban J connectivity index is 1.89. The minimum atomic E-state index is -0.231. The van der Waals surface area contributed by atoms with Gasteiger partial charge in [-0.1, -0.05) is 18.2 Å². The maximum Gasteiger partial charge on any atom is 0.254 e. The van der Waals surface area contributed by atoms with Crippen molar-refractivity contribution in [3.05, 3.63) is 54.1 Å². The molecule has 6 nitrogen and oxygen atoms in total. The van der Waals surface area contributed by atoms with E-state index in [4.69, 9.17) is 0 Å². The molecule has 1 aromatic heterocycles. The van der Waals surface area contributed by atoms with Crippen LogP contribution in [0.2, 0.25) is 0 Å². The fraction of sp³-hybridized carbons (Fsp3) is 0.267. The molecule has 1 unspecified atom stereocenters. The molecule has 0 aliphatic rings. The summed E-state index contributed by atoms with van der Waals surface area (Å²) < 4.78 is 0. The SMILES string of the molecule is CC(NC(=O)CN(C)C(=O)c1ccccc1)c1ncc[nH]1. The summed E-state index contributed by atoms with van der Waals surface area (Å²) in [5.41, 5.74) is 0.562. The van der Waals surface area contributed by atoms with Crippen molar-refractivity contribution in [2.75, 3.05) is 13.6 Å². The molecular formula is C15H18N4O2. The first-order chi connectivity index (χ1) is 10.1. The van der Waals surface area contributed by atoms with Crippen LogP contribution in [0.25, 0.3) is 0 Å². The zero-order chi connectivity index (χ0) is 15.2. The van der Waals surface area contributed by atoms with Crippen molar-refractivity contribution in [3.8, 4) is 0 Å². The molecule has 0 aliphatic heterocycles. The number of carbonyl (C=O) groups excluding carboxylic acids is 2. The molecule has 110 valence electrons. The predicted octanol–water partition coefficient (Wildman–Crippen LogP) is 1.36. The van der Waals surface area contributed by atoms with E-state index in [9.17, 15) is 9.59 Å². The largest absolute Gasteiger partial charge is 0.347 e. The topological polar surface area (TPSA) is 78.1 Å². The molecule has 2 aromatic rings. The quantitative estimate of drug-likeness (QED) is 0.871. The van der Waals surface area contributed by atoms with Crippen LogP contribution in [0.4, 0.5) is 0 Å². The van der Waals surface area contributed by atoms with Crippen LogP contribution in [0.1, 0.15) is 29.1 Å². The highest BCUT2D eigenvalue weighted by atomic mass is 16.2. The third-order valence-electron chi connectivity index (χ3n) is 3.06. The van der Waals surface area contributed by atoms with Crippen molar-refractivity contribution in [1.82, 2.24) is 20.2 Å². The average molecular weight is 286 g/mol. The molecule has 0 bridgehead atoms. The summed E-state index contributed by atoms with van der Waals surface area (Å²) in [5.74, 6) is 0.266. The maximum atomic E-state index is 12.1. The zero-order valence-electron chi connectivity index (χ0n) is 12.0. The van der Waals surface area contributed by atoms with Crippen LogP contribution in [0.3, 0.4) is 0 Å². The van der Waals surface area contributed by atoms with E-state index in [1.54, 1.807) is 43.7 Å². The van der Waals surface area contributed by atoms with Gasteiger partial charge in [0.05, 0.1) is 12.6 Å². The Morgan fingerprint density at radius 1 is 1.33 bits per heavy atom. The maximum absolute atomic E-state index is 12.1. The second-order valence-corrected chi connectivity index (χ2v) is 4.79. The Labute approximate surface area is 123 Å². The third kappa shape index (κ3) is 3.92. The molecule has 0 fully saturated rings. The predicted molar refractivity (Wildman–Crippen MR) is 78.5 cm³/mol. The van der Waals surface area contributed by atoms with Crippen LogP contribution in [0.5, 0.6) is 0 Å². The van der Waals surface area contributed by atoms with Gasteiger partial charge >= 0.3 is 0 Å². The molecule has 0 saturated carbocycles. The number of H-pyrrole nitrogens is 1. The summed E-state index contributed by atoms with van der Waals surface area (Å²) in [6.45, 7) is 1.83. The summed E-state index contributed by atoms with van der Waals surface area (Å²) in [6.07, 6.45) is 3.33. The normalized spacial score (nSPS) is 11.7. The van der Waals surface area contributed by atoms with E-state index >= 15 is 0 Å². The van der Waals surface area contributed by atoms with Gasteiger partial charge in [0.25, 0.3) is 5.91 Å². The van der Waals surface area contributed by atoms with Crippen LogP contribution < -0.4 is 5.32 Å². The molecule has 2 N–H and O–H groups in total. The second kappa shape index (κ2) is 6.69. The minimum Gasteiger partial charge on any atom is -0.347 e. The van der Waals surface area contributed by atoms with Crippen molar-refractivity contribution < 1.29 is 9.59 Å². The first-order valence-electron chi connectivity index (χ1n) is 6.67. The number of aromatic amines is 1. The van der Waals surface area contributed by atoms with Crippen LogP contribution in [0, 0.1) is 0 Å². The minimum absolute atomic E-state index is 0.00121. The monoisotopic (exact) mass is 286 g/mol. The lowest BCUT2D eigenvalue weighted by atomic mass is 10.2. The van der Waals surface area contributed by atoms with Crippen LogP contribution in [-0.4, -0.2) is 40.3 Å². The molecule has 0 aliphatic carbocycles. The highest BCUT2D eigenvalue weighted by molar-refractivity contribution is 5.96. The van der Waals surface area contributed by atoms with Gasteiger partial charge in [0.1, 0.15) is 5.82 Å². The highest BCUT2D eigenvalue weighted by Crippen LogP contribution is 2.06. The standard InChI is InChI=1S/C15H18N4O2/c1-11(14-16-8-9-17-14)18-13(20)10-19(2)15(21)12-6-4-3-5-7-12/h3-9,11H,10H2,1-2H3,(H,16,17)(H,18,20). The summed E-state index contributed by atoms with van der Waals surface area (Å²) in [5, 5.41) is 2.79. The Kier molecular flexibility index (Phi) is 4.71. The summed E-state index contributed by atoms with van der Waals surface area (Å²) in [7, 11) is 1.60. The summed E-state index contributed by atoms with van der Waals surface area (Å²) in [4.78, 5) is 32.5. The second-order valence-electron chi connectivity index (χ2n) is 4.79. The molecule has 0 saturated heterocycles. The molecule has 1 aromatic carbocycles. The molecule has 1 atom stereocenters.